The summed E-state index contributed by atoms with van der Waals surface area (Å²) in [6, 6.07) is 26.9. The first-order valence-corrected chi connectivity index (χ1v) is 12.4. The third kappa shape index (κ3) is 5.25. The lowest BCUT2D eigenvalue weighted by Crippen LogP contribution is -2.20. The number of benzene rings is 4. The minimum atomic E-state index is -0.771. The number of rotatable bonds is 7. The number of anilines is 2. The number of fused-ring (bicyclic) bond motifs is 2. The summed E-state index contributed by atoms with van der Waals surface area (Å²) in [7, 11) is 0. The zero-order valence-corrected chi connectivity index (χ0v) is 21.2. The van der Waals surface area contributed by atoms with E-state index in [2.05, 4.69) is 30.3 Å². The van der Waals surface area contributed by atoms with Gasteiger partial charge in [0.05, 0.1) is 28.5 Å². The predicted octanol–water partition coefficient (Wildman–Crippen LogP) is 4.81. The molecule has 0 aliphatic rings. The maximum absolute atomic E-state index is 13.2. The zero-order valence-electron chi connectivity index (χ0n) is 21.2. The number of hydrogen-bond donors (Lipinski definition) is 4. The Bertz CT molecular complexity index is 2050. The smallest absolute Gasteiger partial charge is 0.439 e. The van der Waals surface area contributed by atoms with Crippen molar-refractivity contribution in [2.24, 2.45) is 0 Å². The molecule has 2 heterocycles. The van der Waals surface area contributed by atoms with E-state index >= 15 is 0 Å². The van der Waals surface area contributed by atoms with E-state index in [4.69, 9.17) is 4.74 Å². The van der Waals surface area contributed by atoms with Crippen molar-refractivity contribution >= 4 is 44.9 Å². The lowest BCUT2D eigenvalue weighted by Gasteiger charge is -2.09. The summed E-state index contributed by atoms with van der Waals surface area (Å²) >= 11 is 0. The minimum absolute atomic E-state index is 0.0648. The number of hydrogen-bond acceptors (Lipinski definition) is 7. The minimum Gasteiger partial charge on any atom is -0.484 e. The highest BCUT2D eigenvalue weighted by Gasteiger charge is 2.17. The van der Waals surface area contributed by atoms with Crippen LogP contribution in [-0.2, 0) is 4.79 Å². The van der Waals surface area contributed by atoms with E-state index in [9.17, 15) is 19.6 Å². The number of nitrogens with zero attached hydrogens (tertiary/aromatic N) is 2. The van der Waals surface area contributed by atoms with E-state index < -0.39 is 11.7 Å². The second kappa shape index (κ2) is 10.5. The van der Waals surface area contributed by atoms with Crippen LogP contribution in [0.3, 0.4) is 0 Å². The number of aromatic amines is 2. The van der Waals surface area contributed by atoms with E-state index in [0.29, 0.717) is 39.2 Å². The van der Waals surface area contributed by atoms with Crippen LogP contribution >= 0.6 is 0 Å². The molecule has 0 atom stereocenters. The van der Waals surface area contributed by atoms with Gasteiger partial charge in [-0.15, -0.1) is 0 Å². The maximum Gasteiger partial charge on any atom is 0.439 e. The Kier molecular flexibility index (Phi) is 6.47. The molecule has 0 radical (unpaired) electrons. The average Bonchev–Trinajstić information content (AvgIpc) is 3.63. The van der Waals surface area contributed by atoms with Crippen molar-refractivity contribution in [1.82, 2.24) is 15.1 Å². The van der Waals surface area contributed by atoms with Crippen LogP contribution in [0.5, 0.6) is 5.75 Å². The van der Waals surface area contributed by atoms with E-state index in [1.165, 1.54) is 18.2 Å². The number of H-pyrrole nitrogens is 2. The van der Waals surface area contributed by atoms with Crippen molar-refractivity contribution in [1.29, 1.82) is 5.26 Å². The number of nitrogens with one attached hydrogen (secondary N) is 4. The molecule has 4 N–H and O–H groups in total. The third-order valence-electron chi connectivity index (χ3n) is 6.36. The molecule has 2 aromatic heterocycles. The molecular formula is C30H20N6O5. The fourth-order valence-electron chi connectivity index (χ4n) is 4.43. The fourth-order valence-corrected chi connectivity index (χ4v) is 4.43. The van der Waals surface area contributed by atoms with Gasteiger partial charge in [0.1, 0.15) is 11.4 Å². The molecule has 200 valence electrons. The van der Waals surface area contributed by atoms with Crippen LogP contribution in [-0.4, -0.2) is 33.5 Å². The molecule has 41 heavy (non-hydrogen) atoms. The molecule has 2 amide bonds. The molecule has 4 aromatic carbocycles. The number of ether oxygens (including phenoxy) is 1. The summed E-state index contributed by atoms with van der Waals surface area (Å²) in [5, 5.41) is 21.3. The van der Waals surface area contributed by atoms with Gasteiger partial charge in [-0.25, -0.2) is 4.79 Å². The highest BCUT2D eigenvalue weighted by Crippen LogP contribution is 2.28. The lowest BCUT2D eigenvalue weighted by atomic mass is 10.1. The van der Waals surface area contributed by atoms with Crippen molar-refractivity contribution in [3.63, 3.8) is 0 Å². The van der Waals surface area contributed by atoms with E-state index in [1.54, 1.807) is 24.3 Å². The van der Waals surface area contributed by atoms with Gasteiger partial charge in [0.2, 0.25) is 0 Å². The van der Waals surface area contributed by atoms with E-state index in [1.807, 2.05) is 48.5 Å². The Morgan fingerprint density at radius 2 is 1.71 bits per heavy atom. The van der Waals surface area contributed by atoms with Gasteiger partial charge in [-0.1, -0.05) is 47.6 Å². The zero-order chi connectivity index (χ0) is 28.3. The van der Waals surface area contributed by atoms with Crippen molar-refractivity contribution in [3.8, 4) is 23.2 Å². The maximum atomic E-state index is 13.2. The molecule has 11 heteroatoms. The number of para-hydroxylation sites is 1. The summed E-state index contributed by atoms with van der Waals surface area (Å²) in [5.74, 6) is -0.986. The highest BCUT2D eigenvalue weighted by atomic mass is 16.5. The standard InChI is InChI=1S/C30H20N6O5/c31-15-17-8-11-23(22(12-17)28-35-30(39)41-36-28)34-29(38)25-14-20-6-3-7-24(27(20)33-25)32-26(37)16-40-21-10-9-18-4-1-2-5-19(18)13-21/h1-14,33H,16H2,(H,32,37)(H,34,38)(H,35,36,39). The van der Waals surface area contributed by atoms with Gasteiger partial charge in [0.25, 0.3) is 11.8 Å². The summed E-state index contributed by atoms with van der Waals surface area (Å²) in [6.45, 7) is -0.200. The second-order valence-corrected chi connectivity index (χ2v) is 9.07. The Morgan fingerprint density at radius 1 is 0.878 bits per heavy atom. The van der Waals surface area contributed by atoms with Gasteiger partial charge >= 0.3 is 5.76 Å². The van der Waals surface area contributed by atoms with Gasteiger partial charge < -0.3 is 20.4 Å². The van der Waals surface area contributed by atoms with Crippen molar-refractivity contribution in [2.75, 3.05) is 17.2 Å². The predicted molar refractivity (Wildman–Crippen MR) is 152 cm³/mol. The molecule has 0 unspecified atom stereocenters. The van der Waals surface area contributed by atoms with Crippen LogP contribution in [0, 0.1) is 11.3 Å². The van der Waals surface area contributed by atoms with Crippen LogP contribution in [0.2, 0.25) is 0 Å². The molecular weight excluding hydrogens is 524 g/mol. The lowest BCUT2D eigenvalue weighted by molar-refractivity contribution is -0.118. The van der Waals surface area contributed by atoms with Crippen LogP contribution in [0.1, 0.15) is 16.1 Å². The first kappa shape index (κ1) is 25.1. The molecule has 0 saturated carbocycles. The van der Waals surface area contributed by atoms with Gasteiger partial charge in [0.15, 0.2) is 12.4 Å². The van der Waals surface area contributed by atoms with Crippen molar-refractivity contribution in [2.45, 2.75) is 0 Å². The first-order valence-electron chi connectivity index (χ1n) is 12.4. The molecule has 0 spiro atoms. The number of amides is 2. The summed E-state index contributed by atoms with van der Waals surface area (Å²) < 4.78 is 10.3. The quantitative estimate of drug-likeness (QED) is 0.224. The molecule has 0 aliphatic heterocycles. The second-order valence-electron chi connectivity index (χ2n) is 9.07. The Balaban J connectivity index is 1.19. The Morgan fingerprint density at radius 3 is 2.51 bits per heavy atom. The third-order valence-corrected chi connectivity index (χ3v) is 6.36. The Hall–Kier alpha value is -6.15. The van der Waals surface area contributed by atoms with E-state index in [-0.39, 0.29) is 24.0 Å². The Labute approximate surface area is 231 Å². The van der Waals surface area contributed by atoms with E-state index in [0.717, 1.165) is 10.8 Å². The number of nitriles is 1. The summed E-state index contributed by atoms with van der Waals surface area (Å²) in [6.07, 6.45) is 0. The van der Waals surface area contributed by atoms with Crippen LogP contribution < -0.4 is 21.1 Å². The molecule has 11 nitrogen and oxygen atoms in total. The SMILES string of the molecule is N#Cc1ccc(NC(=O)c2cc3cccc(NC(=O)COc4ccc5ccccc5c4)c3[nH]2)c(-c2noc(=O)[nH]2)c1. The topological polar surface area (TPSA) is 166 Å². The van der Waals surface area contributed by atoms with Gasteiger partial charge in [0, 0.05) is 10.9 Å². The monoisotopic (exact) mass is 544 g/mol. The normalized spacial score (nSPS) is 10.8. The van der Waals surface area contributed by atoms with Crippen LogP contribution in [0.15, 0.2) is 94.2 Å². The summed E-state index contributed by atoms with van der Waals surface area (Å²) in [5.41, 5.74) is 2.16. The van der Waals surface area contributed by atoms with Crippen LogP contribution in [0.4, 0.5) is 11.4 Å². The number of carbonyl (C=O) groups is 2. The average molecular weight is 545 g/mol. The molecule has 6 aromatic rings. The number of aromatic nitrogens is 3. The fraction of sp³-hybridized carbons (Fsp3) is 0.0333. The molecule has 6 rings (SSSR count). The first-order chi connectivity index (χ1) is 20.0. The molecule has 0 fully saturated rings. The summed E-state index contributed by atoms with van der Waals surface area (Å²) in [4.78, 5) is 42.8. The van der Waals surface area contributed by atoms with Gasteiger partial charge in [-0.3, -0.25) is 19.1 Å². The van der Waals surface area contributed by atoms with Gasteiger partial charge in [-0.2, -0.15) is 5.26 Å². The van der Waals surface area contributed by atoms with Gasteiger partial charge in [-0.05, 0) is 53.2 Å². The molecule has 0 aliphatic carbocycles. The number of carbonyl (C=O) groups excluding carboxylic acids is 2. The molecule has 0 saturated heterocycles. The van der Waals surface area contributed by atoms with Crippen molar-refractivity contribution < 1.29 is 18.8 Å². The van der Waals surface area contributed by atoms with Crippen molar-refractivity contribution in [3.05, 3.63) is 107 Å². The largest absolute Gasteiger partial charge is 0.484 e. The van der Waals surface area contributed by atoms with Crippen LogP contribution in [0.25, 0.3) is 33.1 Å². The highest BCUT2D eigenvalue weighted by molar-refractivity contribution is 6.09. The molecule has 0 bridgehead atoms.